The molecule has 8 heteroatoms. The smallest absolute Gasteiger partial charge is 0.269 e. The Hall–Kier alpha value is -3.03. The number of likely N-dealkylation sites (tertiary alicyclic amines) is 1. The molecule has 1 N–H and O–H groups in total. The molecule has 3 rings (SSSR count). The summed E-state index contributed by atoms with van der Waals surface area (Å²) >= 11 is 0. The van der Waals surface area contributed by atoms with E-state index in [4.69, 9.17) is 0 Å². The van der Waals surface area contributed by atoms with Gasteiger partial charge in [-0.2, -0.15) is 0 Å². The molecular formula is C19H23N5O3. The number of nitrogens with zero attached hydrogens (tertiary/aromatic N) is 4. The summed E-state index contributed by atoms with van der Waals surface area (Å²) in [6, 6.07) is 8.30. The van der Waals surface area contributed by atoms with E-state index < -0.39 is 4.92 Å². The number of benzene rings is 1. The van der Waals surface area contributed by atoms with E-state index in [1.807, 2.05) is 24.8 Å². The molecule has 1 fully saturated rings. The van der Waals surface area contributed by atoms with Gasteiger partial charge in [-0.3, -0.25) is 14.9 Å². The summed E-state index contributed by atoms with van der Waals surface area (Å²) in [5.74, 6) is 1.42. The lowest BCUT2D eigenvalue weighted by molar-refractivity contribution is -0.384. The minimum Gasteiger partial charge on any atom is -0.365 e. The Balaban J connectivity index is 1.80. The van der Waals surface area contributed by atoms with Crippen molar-refractivity contribution in [3.63, 3.8) is 0 Å². The maximum absolute atomic E-state index is 11.9. The van der Waals surface area contributed by atoms with Crippen LogP contribution < -0.4 is 5.32 Å². The molecule has 0 radical (unpaired) electrons. The van der Waals surface area contributed by atoms with Crippen LogP contribution >= 0.6 is 0 Å². The molecule has 1 aromatic carbocycles. The number of aromatic nitrogens is 2. The van der Waals surface area contributed by atoms with Crippen molar-refractivity contribution in [1.82, 2.24) is 14.9 Å². The van der Waals surface area contributed by atoms with E-state index >= 15 is 0 Å². The van der Waals surface area contributed by atoms with E-state index in [0.717, 1.165) is 30.6 Å². The second-order valence-electron chi connectivity index (χ2n) is 6.55. The monoisotopic (exact) mass is 369 g/mol. The van der Waals surface area contributed by atoms with E-state index in [9.17, 15) is 14.9 Å². The lowest BCUT2D eigenvalue weighted by atomic mass is 10.2. The molecule has 27 heavy (non-hydrogen) atoms. The average molecular weight is 369 g/mol. The highest BCUT2D eigenvalue weighted by Gasteiger charge is 2.25. The number of hydrogen-bond donors (Lipinski definition) is 1. The highest BCUT2D eigenvalue weighted by atomic mass is 16.6. The number of carbonyl (C=O) groups excluding carboxylic acids is 1. The Morgan fingerprint density at radius 2 is 2.04 bits per heavy atom. The molecular weight excluding hydrogens is 346 g/mol. The number of nitro groups is 1. The fraction of sp³-hybridized carbons (Fsp3) is 0.421. The fourth-order valence-electron chi connectivity index (χ4n) is 3.15. The van der Waals surface area contributed by atoms with E-state index in [1.54, 1.807) is 12.1 Å². The SMILES string of the molecule is CCC(=O)N1CCC(Nc2cc(CC)nc(-c3ccc([N+](=O)[O-])cc3)n2)C1. The Morgan fingerprint density at radius 3 is 2.67 bits per heavy atom. The van der Waals surface area contributed by atoms with Crippen molar-refractivity contribution in [2.24, 2.45) is 0 Å². The lowest BCUT2D eigenvalue weighted by Crippen LogP contribution is -2.31. The molecule has 1 aliphatic heterocycles. The van der Waals surface area contributed by atoms with Crippen LogP contribution in [-0.2, 0) is 11.2 Å². The van der Waals surface area contributed by atoms with Crippen LogP contribution in [0.4, 0.5) is 11.5 Å². The second-order valence-corrected chi connectivity index (χ2v) is 6.55. The third-order valence-electron chi connectivity index (χ3n) is 4.67. The molecule has 1 atom stereocenters. The van der Waals surface area contributed by atoms with Gasteiger partial charge in [0.2, 0.25) is 5.91 Å². The maximum atomic E-state index is 11.9. The lowest BCUT2D eigenvalue weighted by Gasteiger charge is -2.17. The van der Waals surface area contributed by atoms with E-state index in [1.165, 1.54) is 12.1 Å². The van der Waals surface area contributed by atoms with Gasteiger partial charge < -0.3 is 10.2 Å². The minimum atomic E-state index is -0.427. The molecule has 1 aromatic heterocycles. The number of aryl methyl sites for hydroxylation is 1. The second kappa shape index (κ2) is 8.11. The number of nitro benzene ring substituents is 1. The van der Waals surface area contributed by atoms with Gasteiger partial charge in [0.25, 0.3) is 5.69 Å². The summed E-state index contributed by atoms with van der Waals surface area (Å²) in [6.07, 6.45) is 2.15. The van der Waals surface area contributed by atoms with Crippen LogP contribution in [0.25, 0.3) is 11.4 Å². The first-order valence-corrected chi connectivity index (χ1v) is 9.17. The van der Waals surface area contributed by atoms with Gasteiger partial charge in [0.15, 0.2) is 5.82 Å². The molecule has 1 amide bonds. The Morgan fingerprint density at radius 1 is 1.30 bits per heavy atom. The van der Waals surface area contributed by atoms with Gasteiger partial charge in [-0.05, 0) is 25.0 Å². The zero-order valence-electron chi connectivity index (χ0n) is 15.5. The number of hydrogen-bond acceptors (Lipinski definition) is 6. The molecule has 8 nitrogen and oxygen atoms in total. The summed E-state index contributed by atoms with van der Waals surface area (Å²) in [6.45, 7) is 5.32. The predicted octanol–water partition coefficient (Wildman–Crippen LogP) is 3.04. The van der Waals surface area contributed by atoms with Gasteiger partial charge in [0, 0.05) is 55.0 Å². The van der Waals surface area contributed by atoms with Crippen LogP contribution in [0.2, 0.25) is 0 Å². The first-order valence-electron chi connectivity index (χ1n) is 9.17. The highest BCUT2D eigenvalue weighted by Crippen LogP contribution is 2.23. The Kier molecular flexibility index (Phi) is 5.63. The van der Waals surface area contributed by atoms with Gasteiger partial charge >= 0.3 is 0 Å². The number of amides is 1. The topological polar surface area (TPSA) is 101 Å². The summed E-state index contributed by atoms with van der Waals surface area (Å²) in [5.41, 5.74) is 1.66. The summed E-state index contributed by atoms with van der Waals surface area (Å²) in [7, 11) is 0. The molecule has 0 saturated carbocycles. The first-order chi connectivity index (χ1) is 13.0. The normalized spacial score (nSPS) is 16.4. The maximum Gasteiger partial charge on any atom is 0.269 e. The van der Waals surface area contributed by atoms with Crippen LogP contribution in [0.1, 0.15) is 32.4 Å². The molecule has 2 heterocycles. The van der Waals surface area contributed by atoms with Crippen molar-refractivity contribution in [2.45, 2.75) is 39.2 Å². The minimum absolute atomic E-state index is 0.0374. The molecule has 1 aliphatic rings. The Labute approximate surface area is 157 Å². The van der Waals surface area contributed by atoms with Gasteiger partial charge in [-0.1, -0.05) is 13.8 Å². The largest absolute Gasteiger partial charge is 0.365 e. The Bertz CT molecular complexity index is 838. The van der Waals surface area contributed by atoms with E-state index in [2.05, 4.69) is 15.3 Å². The number of nitrogens with one attached hydrogen (secondary N) is 1. The molecule has 0 spiro atoms. The van der Waals surface area contributed by atoms with Gasteiger partial charge in [0.05, 0.1) is 4.92 Å². The van der Waals surface area contributed by atoms with E-state index in [0.29, 0.717) is 24.6 Å². The summed E-state index contributed by atoms with van der Waals surface area (Å²) in [5, 5.41) is 14.2. The van der Waals surface area contributed by atoms with Crippen LogP contribution in [0.15, 0.2) is 30.3 Å². The molecule has 0 aliphatic carbocycles. The van der Waals surface area contributed by atoms with Crippen molar-refractivity contribution in [3.05, 3.63) is 46.1 Å². The third kappa shape index (κ3) is 4.39. The van der Waals surface area contributed by atoms with Crippen molar-refractivity contribution in [1.29, 1.82) is 0 Å². The molecule has 142 valence electrons. The predicted molar refractivity (Wildman–Crippen MR) is 102 cm³/mol. The van der Waals surface area contributed by atoms with Crippen molar-refractivity contribution < 1.29 is 9.72 Å². The number of carbonyl (C=O) groups is 1. The van der Waals surface area contributed by atoms with Crippen LogP contribution in [0.3, 0.4) is 0 Å². The zero-order chi connectivity index (χ0) is 19.4. The number of anilines is 1. The van der Waals surface area contributed by atoms with Gasteiger partial charge in [0.1, 0.15) is 5.82 Å². The molecule has 0 bridgehead atoms. The molecule has 2 aromatic rings. The quantitative estimate of drug-likeness (QED) is 0.620. The van der Waals surface area contributed by atoms with Crippen molar-refractivity contribution >= 4 is 17.4 Å². The number of non-ortho nitro benzene ring substituents is 1. The summed E-state index contributed by atoms with van der Waals surface area (Å²) < 4.78 is 0. The third-order valence-corrected chi connectivity index (χ3v) is 4.67. The molecule has 1 saturated heterocycles. The fourth-order valence-corrected chi connectivity index (χ4v) is 3.15. The van der Waals surface area contributed by atoms with Crippen LogP contribution in [-0.4, -0.2) is 44.8 Å². The first kappa shape index (κ1) is 18.8. The zero-order valence-corrected chi connectivity index (χ0v) is 15.5. The highest BCUT2D eigenvalue weighted by molar-refractivity contribution is 5.76. The van der Waals surface area contributed by atoms with Crippen LogP contribution in [0, 0.1) is 10.1 Å². The molecule has 1 unspecified atom stereocenters. The standard InChI is InChI=1S/C19H23N5O3/c1-3-14-11-17(20-15-9-10-23(12-15)18(25)4-2)22-19(21-14)13-5-7-16(8-6-13)24(26)27/h5-8,11,15H,3-4,9-10,12H2,1-2H3,(H,20,21,22). The van der Waals surface area contributed by atoms with Gasteiger partial charge in [-0.15, -0.1) is 0 Å². The van der Waals surface area contributed by atoms with Crippen molar-refractivity contribution in [3.8, 4) is 11.4 Å². The summed E-state index contributed by atoms with van der Waals surface area (Å²) in [4.78, 5) is 33.3. The average Bonchev–Trinajstić information content (AvgIpc) is 3.15. The number of rotatable bonds is 6. The van der Waals surface area contributed by atoms with E-state index in [-0.39, 0.29) is 17.6 Å². The van der Waals surface area contributed by atoms with Crippen LogP contribution in [0.5, 0.6) is 0 Å². The van der Waals surface area contributed by atoms with Gasteiger partial charge in [-0.25, -0.2) is 9.97 Å². The van der Waals surface area contributed by atoms with Crippen molar-refractivity contribution in [2.75, 3.05) is 18.4 Å².